The highest BCUT2D eigenvalue weighted by atomic mass is 16.2. The maximum atomic E-state index is 12.3. The highest BCUT2D eigenvalue weighted by Crippen LogP contribution is 2.16. The quantitative estimate of drug-likeness (QED) is 0.443. The van der Waals surface area contributed by atoms with Gasteiger partial charge < -0.3 is 4.98 Å². The van der Waals surface area contributed by atoms with E-state index in [0.717, 1.165) is 27.7 Å². The van der Waals surface area contributed by atoms with Crippen LogP contribution in [-0.4, -0.2) is 21.6 Å². The van der Waals surface area contributed by atoms with Gasteiger partial charge in [-0.05, 0) is 47.5 Å². The molecular formula is C20H16N4O. The molecule has 5 heteroatoms. The Bertz CT molecular complexity index is 1110. The third kappa shape index (κ3) is 2.99. The topological polar surface area (TPSA) is 70.1 Å². The molecule has 5 nitrogen and oxygen atoms in total. The van der Waals surface area contributed by atoms with Crippen LogP contribution in [0.25, 0.3) is 21.8 Å². The zero-order valence-electron chi connectivity index (χ0n) is 13.7. The summed E-state index contributed by atoms with van der Waals surface area (Å²) in [4.78, 5) is 19.4. The standard InChI is InChI=1S/C20H16N4O/c1-13(15-7-6-14-4-2-3-5-16(14)10-15)23-24-20(25)17-8-9-18-19(11-17)22-12-21-18/h2-12H,1H3,(H,21,22)(H,24,25). The largest absolute Gasteiger partial charge is 0.345 e. The fourth-order valence-corrected chi connectivity index (χ4v) is 2.75. The van der Waals surface area contributed by atoms with Crippen LogP contribution < -0.4 is 5.43 Å². The first-order valence-electron chi connectivity index (χ1n) is 7.98. The molecule has 0 aliphatic heterocycles. The molecular weight excluding hydrogens is 312 g/mol. The summed E-state index contributed by atoms with van der Waals surface area (Å²) >= 11 is 0. The predicted octanol–water partition coefficient (Wildman–Crippen LogP) is 3.87. The number of hydrogen-bond acceptors (Lipinski definition) is 3. The van der Waals surface area contributed by atoms with E-state index in [1.165, 1.54) is 5.39 Å². The first kappa shape index (κ1) is 15.1. The molecule has 0 atom stereocenters. The van der Waals surface area contributed by atoms with Gasteiger partial charge in [0.25, 0.3) is 5.91 Å². The molecule has 4 rings (SSSR count). The molecule has 0 saturated heterocycles. The van der Waals surface area contributed by atoms with Gasteiger partial charge in [-0.1, -0.05) is 36.4 Å². The number of nitrogens with zero attached hydrogens (tertiary/aromatic N) is 2. The van der Waals surface area contributed by atoms with Gasteiger partial charge in [0.1, 0.15) is 0 Å². The van der Waals surface area contributed by atoms with E-state index >= 15 is 0 Å². The lowest BCUT2D eigenvalue weighted by Gasteiger charge is -2.05. The van der Waals surface area contributed by atoms with Gasteiger partial charge in [-0.15, -0.1) is 0 Å². The predicted molar refractivity (Wildman–Crippen MR) is 99.7 cm³/mol. The number of carbonyl (C=O) groups is 1. The van der Waals surface area contributed by atoms with Gasteiger partial charge >= 0.3 is 0 Å². The summed E-state index contributed by atoms with van der Waals surface area (Å²) in [6, 6.07) is 19.6. The molecule has 1 amide bonds. The fourth-order valence-electron chi connectivity index (χ4n) is 2.75. The number of carbonyl (C=O) groups excluding carboxylic acids is 1. The Hall–Kier alpha value is -3.47. The highest BCUT2D eigenvalue weighted by molar-refractivity contribution is 6.03. The van der Waals surface area contributed by atoms with Crippen molar-refractivity contribution in [1.82, 2.24) is 15.4 Å². The number of nitrogens with one attached hydrogen (secondary N) is 2. The molecule has 25 heavy (non-hydrogen) atoms. The van der Waals surface area contributed by atoms with Crippen LogP contribution in [0.3, 0.4) is 0 Å². The van der Waals surface area contributed by atoms with E-state index in [-0.39, 0.29) is 5.91 Å². The monoisotopic (exact) mass is 328 g/mol. The van der Waals surface area contributed by atoms with Crippen LogP contribution in [0, 0.1) is 0 Å². The second kappa shape index (κ2) is 6.20. The molecule has 0 aliphatic rings. The van der Waals surface area contributed by atoms with Crippen molar-refractivity contribution in [3.63, 3.8) is 0 Å². The smallest absolute Gasteiger partial charge is 0.271 e. The Morgan fingerprint density at radius 2 is 1.80 bits per heavy atom. The summed E-state index contributed by atoms with van der Waals surface area (Å²) < 4.78 is 0. The van der Waals surface area contributed by atoms with Crippen molar-refractivity contribution in [2.45, 2.75) is 6.92 Å². The third-order valence-corrected chi connectivity index (χ3v) is 4.17. The summed E-state index contributed by atoms with van der Waals surface area (Å²) in [5, 5.41) is 6.56. The second-order valence-corrected chi connectivity index (χ2v) is 5.83. The number of H-pyrrole nitrogens is 1. The van der Waals surface area contributed by atoms with E-state index in [0.29, 0.717) is 5.56 Å². The molecule has 122 valence electrons. The number of aromatic amines is 1. The Kier molecular flexibility index (Phi) is 3.74. The van der Waals surface area contributed by atoms with E-state index < -0.39 is 0 Å². The molecule has 0 spiro atoms. The number of aromatic nitrogens is 2. The minimum absolute atomic E-state index is 0.253. The lowest BCUT2D eigenvalue weighted by molar-refractivity contribution is 0.0955. The molecule has 0 fully saturated rings. The minimum Gasteiger partial charge on any atom is -0.345 e. The zero-order chi connectivity index (χ0) is 17.2. The number of hydrogen-bond donors (Lipinski definition) is 2. The van der Waals surface area contributed by atoms with Crippen LogP contribution in [0.1, 0.15) is 22.8 Å². The van der Waals surface area contributed by atoms with Gasteiger partial charge in [0.05, 0.1) is 23.1 Å². The van der Waals surface area contributed by atoms with Crippen molar-refractivity contribution >= 4 is 33.4 Å². The van der Waals surface area contributed by atoms with Gasteiger partial charge in [0, 0.05) is 5.56 Å². The Morgan fingerprint density at radius 1 is 1.00 bits per heavy atom. The van der Waals surface area contributed by atoms with E-state index in [1.807, 2.05) is 25.1 Å². The number of hydrazone groups is 1. The van der Waals surface area contributed by atoms with E-state index in [2.05, 4.69) is 44.8 Å². The Labute approximate surface area is 144 Å². The SMILES string of the molecule is CC(=NNC(=O)c1ccc2nc[nH]c2c1)c1ccc2ccccc2c1. The lowest BCUT2D eigenvalue weighted by atomic mass is 10.0. The Balaban J connectivity index is 1.55. The van der Waals surface area contributed by atoms with Gasteiger partial charge in [-0.25, -0.2) is 10.4 Å². The fraction of sp³-hybridized carbons (Fsp3) is 0.0500. The number of benzene rings is 3. The Morgan fingerprint density at radius 3 is 2.68 bits per heavy atom. The minimum atomic E-state index is -0.253. The molecule has 4 aromatic rings. The maximum Gasteiger partial charge on any atom is 0.271 e. The number of rotatable bonds is 3. The van der Waals surface area contributed by atoms with Crippen LogP contribution >= 0.6 is 0 Å². The van der Waals surface area contributed by atoms with Crippen molar-refractivity contribution in [3.05, 3.63) is 78.1 Å². The van der Waals surface area contributed by atoms with Crippen molar-refractivity contribution in [3.8, 4) is 0 Å². The van der Waals surface area contributed by atoms with Crippen LogP contribution in [0.15, 0.2) is 72.1 Å². The van der Waals surface area contributed by atoms with Crippen LogP contribution in [0.2, 0.25) is 0 Å². The molecule has 2 N–H and O–H groups in total. The summed E-state index contributed by atoms with van der Waals surface area (Å²) in [6.45, 7) is 1.88. The van der Waals surface area contributed by atoms with Gasteiger partial charge in [-0.2, -0.15) is 5.10 Å². The van der Waals surface area contributed by atoms with E-state index in [1.54, 1.807) is 24.5 Å². The average Bonchev–Trinajstić information content (AvgIpc) is 3.13. The van der Waals surface area contributed by atoms with Crippen LogP contribution in [0.5, 0.6) is 0 Å². The average molecular weight is 328 g/mol. The van der Waals surface area contributed by atoms with E-state index in [9.17, 15) is 4.79 Å². The molecule has 0 radical (unpaired) electrons. The van der Waals surface area contributed by atoms with Crippen LogP contribution in [-0.2, 0) is 0 Å². The number of fused-ring (bicyclic) bond motifs is 2. The first-order chi connectivity index (χ1) is 12.2. The van der Waals surface area contributed by atoms with Crippen molar-refractivity contribution in [2.75, 3.05) is 0 Å². The summed E-state index contributed by atoms with van der Waals surface area (Å²) in [5.74, 6) is -0.253. The lowest BCUT2D eigenvalue weighted by Crippen LogP contribution is -2.19. The normalized spacial score (nSPS) is 11.8. The molecule has 3 aromatic carbocycles. The summed E-state index contributed by atoms with van der Waals surface area (Å²) in [5.41, 5.74) is 6.53. The molecule has 0 aliphatic carbocycles. The molecule has 1 aromatic heterocycles. The van der Waals surface area contributed by atoms with Gasteiger partial charge in [0.2, 0.25) is 0 Å². The number of imidazole rings is 1. The molecule has 0 bridgehead atoms. The summed E-state index contributed by atoms with van der Waals surface area (Å²) in [7, 11) is 0. The zero-order valence-corrected chi connectivity index (χ0v) is 13.7. The highest BCUT2D eigenvalue weighted by Gasteiger charge is 2.07. The number of amides is 1. The molecule has 0 saturated carbocycles. The molecule has 1 heterocycles. The van der Waals surface area contributed by atoms with Gasteiger partial charge in [-0.3, -0.25) is 4.79 Å². The molecule has 0 unspecified atom stereocenters. The third-order valence-electron chi connectivity index (χ3n) is 4.17. The van der Waals surface area contributed by atoms with Gasteiger partial charge in [0.15, 0.2) is 0 Å². The van der Waals surface area contributed by atoms with E-state index in [4.69, 9.17) is 0 Å². The summed E-state index contributed by atoms with van der Waals surface area (Å²) in [6.07, 6.45) is 1.61. The van der Waals surface area contributed by atoms with Crippen molar-refractivity contribution < 1.29 is 4.79 Å². The van der Waals surface area contributed by atoms with Crippen molar-refractivity contribution in [1.29, 1.82) is 0 Å². The maximum absolute atomic E-state index is 12.3. The first-order valence-corrected chi connectivity index (χ1v) is 7.98. The van der Waals surface area contributed by atoms with Crippen molar-refractivity contribution in [2.24, 2.45) is 5.10 Å². The van der Waals surface area contributed by atoms with Crippen LogP contribution in [0.4, 0.5) is 0 Å². The second-order valence-electron chi connectivity index (χ2n) is 5.83.